The first-order valence-corrected chi connectivity index (χ1v) is 7.90. The quantitative estimate of drug-likeness (QED) is 0.860. The van der Waals surface area contributed by atoms with Crippen molar-refractivity contribution in [2.75, 3.05) is 13.2 Å². The van der Waals surface area contributed by atoms with Gasteiger partial charge in [-0.25, -0.2) is 4.79 Å². The Labute approximate surface area is 142 Å². The van der Waals surface area contributed by atoms with Gasteiger partial charge in [-0.15, -0.1) is 0 Å². The van der Waals surface area contributed by atoms with E-state index in [1.807, 2.05) is 27.7 Å². The normalized spacial score (nSPS) is 12.9. The molecule has 22 heavy (non-hydrogen) atoms. The molecule has 6 heteroatoms. The average Bonchev–Trinajstić information content (AvgIpc) is 2.34. The van der Waals surface area contributed by atoms with Crippen LogP contribution in [0.1, 0.15) is 33.3 Å². The number of carbonyl (C=O) groups excluding carboxylic acids is 1. The summed E-state index contributed by atoms with van der Waals surface area (Å²) in [7, 11) is 0. The Morgan fingerprint density at radius 1 is 1.27 bits per heavy atom. The minimum atomic E-state index is -0.580. The van der Waals surface area contributed by atoms with Crippen molar-refractivity contribution in [1.82, 2.24) is 4.90 Å². The van der Waals surface area contributed by atoms with Gasteiger partial charge in [0, 0.05) is 29.7 Å². The molecular formula is C16H23Cl2NO3. The first-order valence-electron chi connectivity index (χ1n) is 7.14. The van der Waals surface area contributed by atoms with E-state index < -0.39 is 11.7 Å². The number of amides is 1. The van der Waals surface area contributed by atoms with Crippen LogP contribution in [0.15, 0.2) is 18.2 Å². The fraction of sp³-hybridized carbons (Fsp3) is 0.562. The highest BCUT2D eigenvalue weighted by Crippen LogP contribution is 2.21. The van der Waals surface area contributed by atoms with Gasteiger partial charge in [0.2, 0.25) is 0 Å². The van der Waals surface area contributed by atoms with Crippen LogP contribution < -0.4 is 0 Å². The second-order valence-electron chi connectivity index (χ2n) is 6.43. The number of nitrogens with zero attached hydrogens (tertiary/aromatic N) is 1. The van der Waals surface area contributed by atoms with Crippen molar-refractivity contribution in [3.63, 3.8) is 0 Å². The number of hydrogen-bond donors (Lipinski definition) is 1. The van der Waals surface area contributed by atoms with Crippen molar-refractivity contribution in [3.05, 3.63) is 33.8 Å². The van der Waals surface area contributed by atoms with E-state index in [0.29, 0.717) is 23.1 Å². The van der Waals surface area contributed by atoms with E-state index in [4.69, 9.17) is 27.9 Å². The Morgan fingerprint density at radius 2 is 1.82 bits per heavy atom. The molecule has 1 N–H and O–H groups in total. The molecule has 0 aromatic heterocycles. The van der Waals surface area contributed by atoms with Gasteiger partial charge < -0.3 is 14.7 Å². The minimum Gasteiger partial charge on any atom is -0.444 e. The minimum absolute atomic E-state index is 0.00437. The number of aliphatic hydroxyl groups excluding tert-OH is 1. The van der Waals surface area contributed by atoms with Crippen LogP contribution in [0.4, 0.5) is 4.79 Å². The third-order valence-corrected chi connectivity index (χ3v) is 3.23. The number of benzene rings is 1. The van der Waals surface area contributed by atoms with Gasteiger partial charge in [0.05, 0.1) is 0 Å². The Kier molecular flexibility index (Phi) is 6.98. The van der Waals surface area contributed by atoms with Gasteiger partial charge in [0.15, 0.2) is 0 Å². The van der Waals surface area contributed by atoms with E-state index in [1.54, 1.807) is 23.1 Å². The maximum atomic E-state index is 12.3. The predicted octanol–water partition coefficient (Wildman–Crippen LogP) is 4.36. The third-order valence-electron chi connectivity index (χ3n) is 2.79. The number of rotatable bonds is 5. The van der Waals surface area contributed by atoms with E-state index in [9.17, 15) is 9.90 Å². The molecule has 0 heterocycles. The Hall–Kier alpha value is -0.970. The molecule has 0 aliphatic heterocycles. The zero-order valence-electron chi connectivity index (χ0n) is 13.4. The van der Waals surface area contributed by atoms with Crippen LogP contribution in [0.2, 0.25) is 10.0 Å². The van der Waals surface area contributed by atoms with Crippen molar-refractivity contribution in [1.29, 1.82) is 0 Å². The van der Waals surface area contributed by atoms with Crippen LogP contribution >= 0.6 is 23.2 Å². The summed E-state index contributed by atoms with van der Waals surface area (Å²) in [6, 6.07) is 5.16. The van der Waals surface area contributed by atoms with E-state index in [0.717, 1.165) is 5.56 Å². The molecular weight excluding hydrogens is 325 g/mol. The summed E-state index contributed by atoms with van der Waals surface area (Å²) >= 11 is 12.0. The molecule has 4 nitrogen and oxygen atoms in total. The molecule has 0 saturated heterocycles. The topological polar surface area (TPSA) is 49.8 Å². The van der Waals surface area contributed by atoms with Crippen molar-refractivity contribution < 1.29 is 14.6 Å². The van der Waals surface area contributed by atoms with Crippen molar-refractivity contribution >= 4 is 29.3 Å². The van der Waals surface area contributed by atoms with Gasteiger partial charge in [-0.1, -0.05) is 30.1 Å². The summed E-state index contributed by atoms with van der Waals surface area (Å²) in [4.78, 5) is 13.9. The largest absolute Gasteiger partial charge is 0.444 e. The lowest BCUT2D eigenvalue weighted by molar-refractivity contribution is 0.0189. The van der Waals surface area contributed by atoms with Crippen LogP contribution in [0.25, 0.3) is 0 Å². The number of carbonyl (C=O) groups is 1. The fourth-order valence-electron chi connectivity index (χ4n) is 1.89. The second kappa shape index (κ2) is 8.04. The highest BCUT2D eigenvalue weighted by atomic mass is 35.5. The maximum Gasteiger partial charge on any atom is 0.410 e. The maximum absolute atomic E-state index is 12.3. The lowest BCUT2D eigenvalue weighted by atomic mass is 10.1. The lowest BCUT2D eigenvalue weighted by Crippen LogP contribution is -2.39. The summed E-state index contributed by atoms with van der Waals surface area (Å²) in [5.41, 5.74) is 0.234. The molecule has 0 saturated carbocycles. The lowest BCUT2D eigenvalue weighted by Gasteiger charge is -2.29. The molecule has 1 atom stereocenters. The third kappa shape index (κ3) is 6.86. The van der Waals surface area contributed by atoms with Gasteiger partial charge in [-0.05, 0) is 50.5 Å². The summed E-state index contributed by atoms with van der Waals surface area (Å²) in [5.74, 6) is -0.0535. The average molecular weight is 348 g/mol. The highest BCUT2D eigenvalue weighted by molar-refractivity contribution is 6.34. The predicted molar refractivity (Wildman–Crippen MR) is 89.4 cm³/mol. The summed E-state index contributed by atoms with van der Waals surface area (Å²) in [6.07, 6.45) is -0.427. The molecule has 0 fully saturated rings. The van der Waals surface area contributed by atoms with Crippen LogP contribution in [-0.2, 0) is 11.3 Å². The van der Waals surface area contributed by atoms with Crippen LogP contribution in [0.3, 0.4) is 0 Å². The smallest absolute Gasteiger partial charge is 0.410 e. The number of ether oxygens (including phenoxy) is 1. The molecule has 124 valence electrons. The monoisotopic (exact) mass is 347 g/mol. The molecule has 1 aromatic rings. The highest BCUT2D eigenvalue weighted by Gasteiger charge is 2.23. The zero-order valence-corrected chi connectivity index (χ0v) is 14.9. The molecule has 1 amide bonds. The van der Waals surface area contributed by atoms with Gasteiger partial charge in [-0.3, -0.25) is 0 Å². The van der Waals surface area contributed by atoms with Crippen LogP contribution in [0, 0.1) is 5.92 Å². The first-order chi connectivity index (χ1) is 10.1. The SMILES string of the molecule is CC(CO)CN(Cc1cc(Cl)cc(Cl)c1)C(=O)OC(C)(C)C. The number of aliphatic hydroxyl groups is 1. The molecule has 0 aliphatic carbocycles. The number of hydrogen-bond acceptors (Lipinski definition) is 3. The van der Waals surface area contributed by atoms with E-state index in [1.165, 1.54) is 0 Å². The summed E-state index contributed by atoms with van der Waals surface area (Å²) in [5, 5.41) is 10.3. The Bertz CT molecular complexity index is 494. The second-order valence-corrected chi connectivity index (χ2v) is 7.30. The summed E-state index contributed by atoms with van der Waals surface area (Å²) < 4.78 is 5.42. The summed E-state index contributed by atoms with van der Waals surface area (Å²) in [6.45, 7) is 8.01. The Morgan fingerprint density at radius 3 is 2.27 bits per heavy atom. The molecule has 1 unspecified atom stereocenters. The van der Waals surface area contributed by atoms with Crippen LogP contribution in [0.5, 0.6) is 0 Å². The molecule has 0 spiro atoms. The molecule has 0 bridgehead atoms. The van der Waals surface area contributed by atoms with Crippen molar-refractivity contribution in [2.45, 2.75) is 39.8 Å². The van der Waals surface area contributed by atoms with Crippen molar-refractivity contribution in [2.24, 2.45) is 5.92 Å². The van der Waals surface area contributed by atoms with E-state index in [2.05, 4.69) is 0 Å². The van der Waals surface area contributed by atoms with Crippen LogP contribution in [-0.4, -0.2) is 34.9 Å². The van der Waals surface area contributed by atoms with Gasteiger partial charge in [0.1, 0.15) is 5.60 Å². The number of halogens is 2. The van der Waals surface area contributed by atoms with Gasteiger partial charge >= 0.3 is 6.09 Å². The van der Waals surface area contributed by atoms with E-state index in [-0.39, 0.29) is 12.5 Å². The first kappa shape index (κ1) is 19.1. The van der Waals surface area contributed by atoms with E-state index >= 15 is 0 Å². The fourth-order valence-corrected chi connectivity index (χ4v) is 2.46. The molecule has 1 rings (SSSR count). The molecule has 1 aromatic carbocycles. The van der Waals surface area contributed by atoms with Gasteiger partial charge in [-0.2, -0.15) is 0 Å². The van der Waals surface area contributed by atoms with Crippen molar-refractivity contribution in [3.8, 4) is 0 Å². The molecule has 0 aliphatic rings. The molecule has 0 radical (unpaired) electrons. The zero-order chi connectivity index (χ0) is 16.9. The standard InChI is InChI=1S/C16H23Cl2NO3/c1-11(10-20)8-19(15(21)22-16(2,3)4)9-12-5-13(17)7-14(18)6-12/h5-7,11,20H,8-10H2,1-4H3. The Balaban J connectivity index is 2.92. The van der Waals surface area contributed by atoms with Gasteiger partial charge in [0.25, 0.3) is 0 Å².